The van der Waals surface area contributed by atoms with Crippen molar-refractivity contribution in [2.45, 2.75) is 20.3 Å². The van der Waals surface area contributed by atoms with Gasteiger partial charge in [-0.05, 0) is 50.1 Å². The molecular formula is C14H16N2O2. The van der Waals surface area contributed by atoms with Gasteiger partial charge in [-0.2, -0.15) is 0 Å². The number of nitrogens with zero attached hydrogens (tertiary/aromatic N) is 2. The first-order valence-electron chi connectivity index (χ1n) is 5.86. The highest BCUT2D eigenvalue weighted by molar-refractivity contribution is 5.57. The second kappa shape index (κ2) is 5.14. The van der Waals surface area contributed by atoms with Gasteiger partial charge < -0.3 is 10.2 Å². The first-order valence-corrected chi connectivity index (χ1v) is 5.86. The molecule has 2 N–H and O–H groups in total. The molecule has 0 radical (unpaired) electrons. The predicted octanol–water partition coefficient (Wildman–Crippen LogP) is 2.00. The summed E-state index contributed by atoms with van der Waals surface area (Å²) in [4.78, 5) is 8.90. The Balaban J connectivity index is 2.44. The van der Waals surface area contributed by atoms with Crippen LogP contribution in [0.2, 0.25) is 0 Å². The third kappa shape index (κ3) is 2.49. The Morgan fingerprint density at radius 2 is 1.56 bits per heavy atom. The van der Waals surface area contributed by atoms with Crippen molar-refractivity contribution in [1.29, 1.82) is 0 Å². The van der Waals surface area contributed by atoms with Crippen molar-refractivity contribution in [3.05, 3.63) is 41.2 Å². The fourth-order valence-corrected chi connectivity index (χ4v) is 1.95. The van der Waals surface area contributed by atoms with E-state index in [1.165, 1.54) is 0 Å². The van der Waals surface area contributed by atoms with Crippen molar-refractivity contribution in [3.63, 3.8) is 0 Å². The highest BCUT2D eigenvalue weighted by atomic mass is 16.3. The van der Waals surface area contributed by atoms with E-state index in [2.05, 4.69) is 9.97 Å². The Kier molecular flexibility index (Phi) is 3.58. The Morgan fingerprint density at radius 3 is 2.06 bits per heavy atom. The number of phenols is 1. The van der Waals surface area contributed by atoms with Gasteiger partial charge in [-0.15, -0.1) is 0 Å². The number of hydrogen-bond donors (Lipinski definition) is 2. The molecule has 2 aromatic rings. The van der Waals surface area contributed by atoms with Gasteiger partial charge >= 0.3 is 0 Å². The van der Waals surface area contributed by atoms with E-state index in [0.29, 0.717) is 12.2 Å². The molecule has 0 aliphatic carbocycles. The van der Waals surface area contributed by atoms with Gasteiger partial charge in [0.25, 0.3) is 0 Å². The van der Waals surface area contributed by atoms with Crippen LogP contribution in [-0.4, -0.2) is 26.8 Å². The maximum Gasteiger partial charge on any atom is 0.159 e. The normalized spacial score (nSPS) is 10.6. The molecule has 4 heteroatoms. The lowest BCUT2D eigenvalue weighted by Crippen LogP contribution is -2.04. The standard InChI is InChI=1S/C14H16N2O2/c1-9-13(7-8-17)10(2)16-14(15-9)11-3-5-12(18)6-4-11/h3-6,17-18H,7-8H2,1-2H3. The lowest BCUT2D eigenvalue weighted by Gasteiger charge is -2.09. The minimum atomic E-state index is 0.101. The van der Waals surface area contributed by atoms with Gasteiger partial charge in [-0.3, -0.25) is 0 Å². The summed E-state index contributed by atoms with van der Waals surface area (Å²) in [5, 5.41) is 18.3. The zero-order valence-corrected chi connectivity index (χ0v) is 10.5. The fraction of sp³-hybridized carbons (Fsp3) is 0.286. The van der Waals surface area contributed by atoms with Crippen molar-refractivity contribution >= 4 is 0 Å². The van der Waals surface area contributed by atoms with Crippen LogP contribution in [-0.2, 0) is 6.42 Å². The van der Waals surface area contributed by atoms with Crippen molar-refractivity contribution < 1.29 is 10.2 Å². The SMILES string of the molecule is Cc1nc(-c2ccc(O)cc2)nc(C)c1CCO. The van der Waals surface area contributed by atoms with E-state index in [-0.39, 0.29) is 12.4 Å². The molecule has 0 unspecified atom stereocenters. The molecule has 0 saturated heterocycles. The van der Waals surface area contributed by atoms with Crippen molar-refractivity contribution in [2.75, 3.05) is 6.61 Å². The second-order valence-corrected chi connectivity index (χ2v) is 4.22. The number of benzene rings is 1. The largest absolute Gasteiger partial charge is 0.508 e. The molecule has 1 aromatic carbocycles. The molecule has 0 aliphatic rings. The fourth-order valence-electron chi connectivity index (χ4n) is 1.95. The summed E-state index contributed by atoms with van der Waals surface area (Å²) in [6.45, 7) is 3.94. The molecule has 1 aromatic heterocycles. The van der Waals surface area contributed by atoms with Crippen LogP contribution in [0.4, 0.5) is 0 Å². The van der Waals surface area contributed by atoms with Gasteiger partial charge in [0, 0.05) is 23.6 Å². The number of aromatic hydroxyl groups is 1. The van der Waals surface area contributed by atoms with E-state index in [1.54, 1.807) is 24.3 Å². The Bertz CT molecular complexity index is 527. The smallest absolute Gasteiger partial charge is 0.159 e. The summed E-state index contributed by atoms with van der Waals surface area (Å²) in [5.74, 6) is 0.871. The molecule has 94 valence electrons. The van der Waals surface area contributed by atoms with Crippen LogP contribution in [0.1, 0.15) is 17.0 Å². The molecule has 0 spiro atoms. The van der Waals surface area contributed by atoms with Crippen molar-refractivity contribution in [1.82, 2.24) is 9.97 Å². The second-order valence-electron chi connectivity index (χ2n) is 4.22. The Hall–Kier alpha value is -1.94. The quantitative estimate of drug-likeness (QED) is 0.866. The zero-order valence-electron chi connectivity index (χ0n) is 10.5. The summed E-state index contributed by atoms with van der Waals surface area (Å²) in [6.07, 6.45) is 0.577. The molecule has 0 aliphatic heterocycles. The number of aromatic nitrogens is 2. The van der Waals surface area contributed by atoms with Crippen LogP contribution >= 0.6 is 0 Å². The summed E-state index contributed by atoms with van der Waals surface area (Å²) in [5.41, 5.74) is 3.65. The molecule has 0 bridgehead atoms. The van der Waals surface area contributed by atoms with E-state index in [1.807, 2.05) is 13.8 Å². The summed E-state index contributed by atoms with van der Waals surface area (Å²) >= 11 is 0. The molecule has 0 fully saturated rings. The van der Waals surface area contributed by atoms with Gasteiger partial charge in [0.2, 0.25) is 0 Å². The van der Waals surface area contributed by atoms with E-state index in [9.17, 15) is 5.11 Å². The third-order valence-corrected chi connectivity index (χ3v) is 2.91. The van der Waals surface area contributed by atoms with Gasteiger partial charge in [-0.1, -0.05) is 0 Å². The summed E-state index contributed by atoms with van der Waals surface area (Å²) in [7, 11) is 0. The van der Waals surface area contributed by atoms with Crippen LogP contribution in [0.25, 0.3) is 11.4 Å². The van der Waals surface area contributed by atoms with Crippen molar-refractivity contribution in [2.24, 2.45) is 0 Å². The van der Waals surface area contributed by atoms with Gasteiger partial charge in [0.05, 0.1) is 0 Å². The van der Waals surface area contributed by atoms with Crippen LogP contribution in [0, 0.1) is 13.8 Å². The lowest BCUT2D eigenvalue weighted by atomic mass is 10.1. The van der Waals surface area contributed by atoms with Crippen LogP contribution in [0.15, 0.2) is 24.3 Å². The lowest BCUT2D eigenvalue weighted by molar-refractivity contribution is 0.299. The molecule has 4 nitrogen and oxygen atoms in total. The average molecular weight is 244 g/mol. The molecule has 0 saturated carbocycles. The number of aliphatic hydroxyl groups is 1. The van der Waals surface area contributed by atoms with Crippen LogP contribution in [0.5, 0.6) is 5.75 Å². The van der Waals surface area contributed by atoms with Gasteiger partial charge in [0.15, 0.2) is 5.82 Å². The van der Waals surface area contributed by atoms with E-state index >= 15 is 0 Å². The molecule has 1 heterocycles. The zero-order chi connectivity index (χ0) is 13.1. The van der Waals surface area contributed by atoms with E-state index < -0.39 is 0 Å². The number of aryl methyl sites for hydroxylation is 2. The topological polar surface area (TPSA) is 66.2 Å². The van der Waals surface area contributed by atoms with Gasteiger partial charge in [0.1, 0.15) is 5.75 Å². The van der Waals surface area contributed by atoms with Crippen LogP contribution < -0.4 is 0 Å². The minimum Gasteiger partial charge on any atom is -0.508 e. The molecule has 2 rings (SSSR count). The summed E-state index contributed by atoms with van der Waals surface area (Å²) < 4.78 is 0. The van der Waals surface area contributed by atoms with E-state index in [0.717, 1.165) is 22.5 Å². The number of hydrogen-bond acceptors (Lipinski definition) is 4. The van der Waals surface area contributed by atoms with Gasteiger partial charge in [-0.25, -0.2) is 9.97 Å². The molecular weight excluding hydrogens is 228 g/mol. The molecule has 0 atom stereocenters. The number of rotatable bonds is 3. The monoisotopic (exact) mass is 244 g/mol. The third-order valence-electron chi connectivity index (χ3n) is 2.91. The molecule has 18 heavy (non-hydrogen) atoms. The maximum atomic E-state index is 9.26. The first-order chi connectivity index (χ1) is 8.61. The predicted molar refractivity (Wildman–Crippen MR) is 69.4 cm³/mol. The maximum absolute atomic E-state index is 9.26. The highest BCUT2D eigenvalue weighted by Gasteiger charge is 2.09. The molecule has 0 amide bonds. The minimum absolute atomic E-state index is 0.101. The van der Waals surface area contributed by atoms with Crippen molar-refractivity contribution in [3.8, 4) is 17.1 Å². The average Bonchev–Trinajstić information content (AvgIpc) is 2.34. The number of aliphatic hydroxyl groups excluding tert-OH is 1. The highest BCUT2D eigenvalue weighted by Crippen LogP contribution is 2.21. The van der Waals surface area contributed by atoms with E-state index in [4.69, 9.17) is 5.11 Å². The summed E-state index contributed by atoms with van der Waals surface area (Å²) in [6, 6.07) is 6.81. The first kappa shape index (κ1) is 12.5. The number of phenolic OH excluding ortho intramolecular Hbond substituents is 1. The van der Waals surface area contributed by atoms with Crippen LogP contribution in [0.3, 0.4) is 0 Å². The Morgan fingerprint density at radius 1 is 1.00 bits per heavy atom. The Labute approximate surface area is 106 Å².